The second-order valence-electron chi connectivity index (χ2n) is 5.11. The molecule has 94 valence electrons. The van der Waals surface area contributed by atoms with Gasteiger partial charge < -0.3 is 0 Å². The highest BCUT2D eigenvalue weighted by molar-refractivity contribution is 7.21. The van der Waals surface area contributed by atoms with Crippen molar-refractivity contribution in [1.29, 1.82) is 0 Å². The number of hydrogen-bond donors (Lipinski definition) is 0. The van der Waals surface area contributed by atoms with Gasteiger partial charge in [-0.25, -0.2) is 0 Å². The van der Waals surface area contributed by atoms with Gasteiger partial charge in [-0.3, -0.25) is 9.78 Å². The topological polar surface area (TPSA) is 30.0 Å². The van der Waals surface area contributed by atoms with Crippen molar-refractivity contribution in [2.45, 2.75) is 39.0 Å². The van der Waals surface area contributed by atoms with Crippen molar-refractivity contribution in [3.8, 4) is 0 Å². The van der Waals surface area contributed by atoms with Gasteiger partial charge in [0.1, 0.15) is 0 Å². The van der Waals surface area contributed by atoms with Crippen LogP contribution in [0.15, 0.2) is 18.3 Å². The molecule has 2 aromatic heterocycles. The van der Waals surface area contributed by atoms with Crippen molar-refractivity contribution >= 4 is 27.3 Å². The summed E-state index contributed by atoms with van der Waals surface area (Å²) in [6, 6.07) is 3.99. The van der Waals surface area contributed by atoms with E-state index in [0.717, 1.165) is 33.5 Å². The zero-order chi connectivity index (χ0) is 12.5. The van der Waals surface area contributed by atoms with Gasteiger partial charge in [-0.2, -0.15) is 0 Å². The molecule has 1 fully saturated rings. The SMILES string of the molecule is Cc1c(C(=O)C2CCCCC2)sc2cccnc12. The lowest BCUT2D eigenvalue weighted by atomic mass is 9.85. The number of aromatic nitrogens is 1. The number of Topliss-reactive ketones (excluding diaryl/α,β-unsaturated/α-hetero) is 1. The van der Waals surface area contributed by atoms with E-state index < -0.39 is 0 Å². The Balaban J connectivity index is 1.98. The first-order valence-electron chi connectivity index (χ1n) is 6.65. The molecule has 0 aliphatic heterocycles. The fourth-order valence-electron chi connectivity index (χ4n) is 2.83. The number of ketones is 1. The third-order valence-corrected chi connectivity index (χ3v) is 5.14. The van der Waals surface area contributed by atoms with Crippen LogP contribution in [-0.4, -0.2) is 10.8 Å². The molecule has 0 aromatic carbocycles. The van der Waals surface area contributed by atoms with Gasteiger partial charge in [0.2, 0.25) is 0 Å². The maximum atomic E-state index is 12.6. The van der Waals surface area contributed by atoms with E-state index >= 15 is 0 Å². The minimum Gasteiger partial charge on any atom is -0.293 e. The molecule has 2 aromatic rings. The Hall–Kier alpha value is -1.22. The Kier molecular flexibility index (Phi) is 3.16. The molecule has 1 saturated carbocycles. The van der Waals surface area contributed by atoms with E-state index in [2.05, 4.69) is 11.1 Å². The predicted octanol–water partition coefficient (Wildman–Crippen LogP) is 4.37. The maximum absolute atomic E-state index is 12.6. The van der Waals surface area contributed by atoms with E-state index in [0.29, 0.717) is 5.78 Å². The third-order valence-electron chi connectivity index (χ3n) is 3.88. The molecule has 0 saturated heterocycles. The molecule has 1 aliphatic carbocycles. The lowest BCUT2D eigenvalue weighted by Gasteiger charge is -2.19. The number of fused-ring (bicyclic) bond motifs is 1. The monoisotopic (exact) mass is 259 g/mol. The number of pyridine rings is 1. The van der Waals surface area contributed by atoms with Crippen molar-refractivity contribution in [2.24, 2.45) is 5.92 Å². The number of carbonyl (C=O) groups excluding carboxylic acids is 1. The summed E-state index contributed by atoms with van der Waals surface area (Å²) in [5.74, 6) is 0.612. The average Bonchev–Trinajstić information content (AvgIpc) is 2.77. The van der Waals surface area contributed by atoms with Gasteiger partial charge in [0, 0.05) is 12.1 Å². The smallest absolute Gasteiger partial charge is 0.176 e. The van der Waals surface area contributed by atoms with Crippen LogP contribution >= 0.6 is 11.3 Å². The van der Waals surface area contributed by atoms with Crippen molar-refractivity contribution in [1.82, 2.24) is 4.98 Å². The molecular weight excluding hydrogens is 242 g/mol. The summed E-state index contributed by atoms with van der Waals surface area (Å²) in [5, 5.41) is 0. The van der Waals surface area contributed by atoms with Crippen molar-refractivity contribution < 1.29 is 4.79 Å². The molecule has 0 radical (unpaired) electrons. The van der Waals surface area contributed by atoms with Crippen LogP contribution in [0, 0.1) is 12.8 Å². The first-order valence-corrected chi connectivity index (χ1v) is 7.47. The van der Waals surface area contributed by atoms with E-state index in [1.165, 1.54) is 19.3 Å². The summed E-state index contributed by atoms with van der Waals surface area (Å²) in [7, 11) is 0. The summed E-state index contributed by atoms with van der Waals surface area (Å²) in [5.41, 5.74) is 2.08. The highest BCUT2D eigenvalue weighted by Crippen LogP contribution is 2.34. The summed E-state index contributed by atoms with van der Waals surface area (Å²) in [6.07, 6.45) is 7.64. The molecule has 1 aliphatic rings. The van der Waals surface area contributed by atoms with E-state index in [9.17, 15) is 4.79 Å². The summed E-state index contributed by atoms with van der Waals surface area (Å²) in [4.78, 5) is 17.9. The number of nitrogens with zero attached hydrogens (tertiary/aromatic N) is 1. The largest absolute Gasteiger partial charge is 0.293 e. The Morgan fingerprint density at radius 2 is 2.11 bits per heavy atom. The number of hydrogen-bond acceptors (Lipinski definition) is 3. The molecule has 0 unspecified atom stereocenters. The zero-order valence-corrected chi connectivity index (χ0v) is 11.4. The second-order valence-corrected chi connectivity index (χ2v) is 6.16. The molecule has 2 nitrogen and oxygen atoms in total. The van der Waals surface area contributed by atoms with Crippen LogP contribution in [0.25, 0.3) is 10.2 Å². The molecule has 0 bridgehead atoms. The van der Waals surface area contributed by atoms with Gasteiger partial charge in [0.05, 0.1) is 15.1 Å². The van der Waals surface area contributed by atoms with Gasteiger partial charge in [-0.15, -0.1) is 11.3 Å². The molecule has 3 rings (SSSR count). The first kappa shape index (κ1) is 11.8. The molecular formula is C15H17NOS. The van der Waals surface area contributed by atoms with E-state index in [1.54, 1.807) is 17.5 Å². The van der Waals surface area contributed by atoms with E-state index in [4.69, 9.17) is 0 Å². The predicted molar refractivity (Wildman–Crippen MR) is 75.3 cm³/mol. The van der Waals surface area contributed by atoms with Crippen LogP contribution < -0.4 is 0 Å². The second kappa shape index (κ2) is 4.81. The molecule has 0 N–H and O–H groups in total. The summed E-state index contributed by atoms with van der Waals surface area (Å²) < 4.78 is 1.13. The van der Waals surface area contributed by atoms with Crippen LogP contribution in [0.2, 0.25) is 0 Å². The first-order chi connectivity index (χ1) is 8.77. The molecule has 0 spiro atoms. The van der Waals surface area contributed by atoms with E-state index in [-0.39, 0.29) is 5.92 Å². The molecule has 0 amide bonds. The molecule has 18 heavy (non-hydrogen) atoms. The average molecular weight is 259 g/mol. The number of carbonyl (C=O) groups is 1. The Morgan fingerprint density at radius 3 is 2.83 bits per heavy atom. The fourth-order valence-corrected chi connectivity index (χ4v) is 4.02. The third kappa shape index (κ3) is 1.97. The fraction of sp³-hybridized carbons (Fsp3) is 0.467. The van der Waals surface area contributed by atoms with Crippen molar-refractivity contribution in [3.63, 3.8) is 0 Å². The molecule has 0 atom stereocenters. The Morgan fingerprint density at radius 1 is 1.33 bits per heavy atom. The standard InChI is InChI=1S/C15H17NOS/c1-10-13-12(8-5-9-16-13)18-15(10)14(17)11-6-3-2-4-7-11/h5,8-9,11H,2-4,6-7H2,1H3. The lowest BCUT2D eigenvalue weighted by Crippen LogP contribution is -2.17. The van der Waals surface area contributed by atoms with Crippen LogP contribution in [0.1, 0.15) is 47.3 Å². The van der Waals surface area contributed by atoms with E-state index in [1.807, 2.05) is 13.0 Å². The highest BCUT2D eigenvalue weighted by atomic mass is 32.1. The van der Waals surface area contributed by atoms with Gasteiger partial charge in [-0.05, 0) is 37.5 Å². The van der Waals surface area contributed by atoms with Crippen LogP contribution in [0.5, 0.6) is 0 Å². The highest BCUT2D eigenvalue weighted by Gasteiger charge is 2.25. The van der Waals surface area contributed by atoms with Crippen molar-refractivity contribution in [3.05, 3.63) is 28.8 Å². The van der Waals surface area contributed by atoms with Crippen LogP contribution in [0.3, 0.4) is 0 Å². The molecule has 3 heteroatoms. The lowest BCUT2D eigenvalue weighted by molar-refractivity contribution is 0.0893. The van der Waals surface area contributed by atoms with Gasteiger partial charge in [0.15, 0.2) is 5.78 Å². The Bertz CT molecular complexity index is 581. The minimum absolute atomic E-state index is 0.255. The Labute approximate surface area is 111 Å². The van der Waals surface area contributed by atoms with Crippen LogP contribution in [-0.2, 0) is 0 Å². The van der Waals surface area contributed by atoms with Gasteiger partial charge >= 0.3 is 0 Å². The normalized spacial score (nSPS) is 17.2. The van der Waals surface area contributed by atoms with Crippen LogP contribution in [0.4, 0.5) is 0 Å². The summed E-state index contributed by atoms with van der Waals surface area (Å²) >= 11 is 1.61. The zero-order valence-electron chi connectivity index (χ0n) is 10.6. The van der Waals surface area contributed by atoms with Gasteiger partial charge in [0.25, 0.3) is 0 Å². The van der Waals surface area contributed by atoms with Gasteiger partial charge in [-0.1, -0.05) is 19.3 Å². The number of rotatable bonds is 2. The number of thiophene rings is 1. The minimum atomic E-state index is 0.255. The van der Waals surface area contributed by atoms with Crippen molar-refractivity contribution in [2.75, 3.05) is 0 Å². The maximum Gasteiger partial charge on any atom is 0.176 e. The summed E-state index contributed by atoms with van der Waals surface area (Å²) in [6.45, 7) is 2.03. The molecule has 2 heterocycles. The number of aryl methyl sites for hydroxylation is 1. The quantitative estimate of drug-likeness (QED) is 0.750.